The Bertz CT molecular complexity index is 341. The molecule has 1 aromatic heterocycles. The second kappa shape index (κ2) is 4.61. The summed E-state index contributed by atoms with van der Waals surface area (Å²) in [5, 5.41) is 0.536. The SMILES string of the molecule is CC(C)(C)OC(=O)CCc1cnc(N)s1. The number of nitrogen functional groups attached to an aromatic ring is 1. The van der Waals surface area contributed by atoms with E-state index in [4.69, 9.17) is 10.5 Å². The molecule has 5 heteroatoms. The highest BCUT2D eigenvalue weighted by Gasteiger charge is 2.16. The van der Waals surface area contributed by atoms with E-state index in [0.29, 0.717) is 18.0 Å². The van der Waals surface area contributed by atoms with Crippen LogP contribution in [0, 0.1) is 0 Å². The van der Waals surface area contributed by atoms with Crippen molar-refractivity contribution in [3.63, 3.8) is 0 Å². The number of hydrogen-bond acceptors (Lipinski definition) is 5. The number of nitrogens with zero attached hydrogens (tertiary/aromatic N) is 1. The topological polar surface area (TPSA) is 65.2 Å². The number of nitrogens with two attached hydrogens (primary N) is 1. The van der Waals surface area contributed by atoms with Crippen LogP contribution in [-0.2, 0) is 16.0 Å². The molecule has 2 N–H and O–H groups in total. The molecule has 1 heterocycles. The third kappa shape index (κ3) is 4.78. The molecule has 0 amide bonds. The first-order chi connectivity index (χ1) is 6.87. The number of aryl methyl sites for hydroxylation is 1. The smallest absolute Gasteiger partial charge is 0.306 e. The number of carbonyl (C=O) groups is 1. The Morgan fingerprint density at radius 2 is 2.27 bits per heavy atom. The van der Waals surface area contributed by atoms with Crippen molar-refractivity contribution >= 4 is 22.4 Å². The van der Waals surface area contributed by atoms with Crippen LogP contribution in [0.4, 0.5) is 5.13 Å². The van der Waals surface area contributed by atoms with Gasteiger partial charge in [-0.2, -0.15) is 0 Å². The van der Waals surface area contributed by atoms with Crippen LogP contribution in [0.2, 0.25) is 0 Å². The minimum absolute atomic E-state index is 0.186. The van der Waals surface area contributed by atoms with Gasteiger partial charge in [-0.15, -0.1) is 11.3 Å². The van der Waals surface area contributed by atoms with E-state index in [1.807, 2.05) is 20.8 Å². The van der Waals surface area contributed by atoms with Gasteiger partial charge in [0, 0.05) is 11.1 Å². The molecule has 0 aliphatic heterocycles. The molecule has 1 aromatic rings. The molecule has 0 atom stereocenters. The maximum absolute atomic E-state index is 11.4. The number of anilines is 1. The first kappa shape index (κ1) is 12.0. The van der Waals surface area contributed by atoms with Gasteiger partial charge in [-0.05, 0) is 27.2 Å². The van der Waals surface area contributed by atoms with Gasteiger partial charge >= 0.3 is 5.97 Å². The zero-order valence-electron chi connectivity index (χ0n) is 9.24. The first-order valence-electron chi connectivity index (χ1n) is 4.79. The molecule has 0 saturated carbocycles. The quantitative estimate of drug-likeness (QED) is 0.804. The molecule has 1 rings (SSSR count). The van der Waals surface area contributed by atoms with E-state index in [1.165, 1.54) is 11.3 Å². The van der Waals surface area contributed by atoms with Gasteiger partial charge in [-0.3, -0.25) is 4.79 Å². The summed E-state index contributed by atoms with van der Waals surface area (Å²) in [6.07, 6.45) is 2.72. The van der Waals surface area contributed by atoms with Crippen LogP contribution in [0.25, 0.3) is 0 Å². The van der Waals surface area contributed by atoms with Crippen LogP contribution in [-0.4, -0.2) is 16.6 Å². The molecule has 0 unspecified atom stereocenters. The van der Waals surface area contributed by atoms with Gasteiger partial charge in [-0.25, -0.2) is 4.98 Å². The molecule has 84 valence electrons. The van der Waals surface area contributed by atoms with Crippen LogP contribution in [0.15, 0.2) is 6.20 Å². The maximum atomic E-state index is 11.4. The van der Waals surface area contributed by atoms with Crippen molar-refractivity contribution < 1.29 is 9.53 Å². The van der Waals surface area contributed by atoms with E-state index >= 15 is 0 Å². The second-order valence-electron chi connectivity index (χ2n) is 4.25. The lowest BCUT2D eigenvalue weighted by atomic mass is 10.2. The van der Waals surface area contributed by atoms with Crippen LogP contribution in [0.1, 0.15) is 32.1 Å². The molecule has 0 bridgehead atoms. The zero-order valence-corrected chi connectivity index (χ0v) is 10.1. The fraction of sp³-hybridized carbons (Fsp3) is 0.600. The highest BCUT2D eigenvalue weighted by molar-refractivity contribution is 7.15. The molecule has 0 aromatic carbocycles. The normalized spacial score (nSPS) is 11.4. The number of carbonyl (C=O) groups excluding carboxylic acids is 1. The van der Waals surface area contributed by atoms with Gasteiger partial charge in [0.05, 0.1) is 6.42 Å². The number of hydrogen-bond donors (Lipinski definition) is 1. The summed E-state index contributed by atoms with van der Waals surface area (Å²) >= 11 is 1.41. The summed E-state index contributed by atoms with van der Waals surface area (Å²) < 4.78 is 5.18. The van der Waals surface area contributed by atoms with Crippen molar-refractivity contribution in [3.05, 3.63) is 11.1 Å². The van der Waals surface area contributed by atoms with E-state index in [2.05, 4.69) is 4.98 Å². The molecule has 15 heavy (non-hydrogen) atoms. The summed E-state index contributed by atoms with van der Waals surface area (Å²) in [6, 6.07) is 0. The van der Waals surface area contributed by atoms with Crippen molar-refractivity contribution in [2.24, 2.45) is 0 Å². The van der Waals surface area contributed by atoms with Crippen LogP contribution in [0.5, 0.6) is 0 Å². The van der Waals surface area contributed by atoms with Crippen molar-refractivity contribution in [1.82, 2.24) is 4.98 Å². The Morgan fingerprint density at radius 3 is 2.73 bits per heavy atom. The Kier molecular flexibility index (Phi) is 3.68. The number of ether oxygens (including phenoxy) is 1. The van der Waals surface area contributed by atoms with E-state index in [1.54, 1.807) is 6.20 Å². The molecular weight excluding hydrogens is 212 g/mol. The molecule has 0 spiro atoms. The lowest BCUT2D eigenvalue weighted by molar-refractivity contribution is -0.154. The third-order valence-corrected chi connectivity index (χ3v) is 2.45. The summed E-state index contributed by atoms with van der Waals surface area (Å²) in [5.41, 5.74) is 5.07. The highest BCUT2D eigenvalue weighted by Crippen LogP contribution is 2.17. The van der Waals surface area contributed by atoms with Crippen LogP contribution >= 0.6 is 11.3 Å². The fourth-order valence-corrected chi connectivity index (χ4v) is 1.74. The van der Waals surface area contributed by atoms with E-state index in [9.17, 15) is 4.79 Å². The molecule has 0 saturated heterocycles. The van der Waals surface area contributed by atoms with Crippen molar-refractivity contribution in [1.29, 1.82) is 0 Å². The molecule has 0 radical (unpaired) electrons. The zero-order chi connectivity index (χ0) is 11.5. The Hall–Kier alpha value is -1.10. The number of rotatable bonds is 3. The molecule has 0 fully saturated rings. The van der Waals surface area contributed by atoms with Gasteiger partial charge in [0.1, 0.15) is 5.60 Å². The van der Waals surface area contributed by atoms with Gasteiger partial charge in [0.25, 0.3) is 0 Å². The molecule has 0 aliphatic carbocycles. The summed E-state index contributed by atoms with van der Waals surface area (Å²) in [6.45, 7) is 5.57. The number of aromatic nitrogens is 1. The predicted octanol–water partition coefficient (Wildman–Crippen LogP) is 2.00. The minimum atomic E-state index is -0.413. The van der Waals surface area contributed by atoms with Gasteiger partial charge < -0.3 is 10.5 Å². The van der Waals surface area contributed by atoms with E-state index < -0.39 is 5.60 Å². The number of esters is 1. The monoisotopic (exact) mass is 228 g/mol. The largest absolute Gasteiger partial charge is 0.460 e. The Balaban J connectivity index is 2.35. The minimum Gasteiger partial charge on any atom is -0.460 e. The average molecular weight is 228 g/mol. The van der Waals surface area contributed by atoms with E-state index in [-0.39, 0.29) is 5.97 Å². The molecular formula is C10H16N2O2S. The lowest BCUT2D eigenvalue weighted by Gasteiger charge is -2.19. The number of thiazole rings is 1. The molecule has 4 nitrogen and oxygen atoms in total. The van der Waals surface area contributed by atoms with Crippen molar-refractivity contribution in [2.45, 2.75) is 39.2 Å². The fourth-order valence-electron chi connectivity index (χ4n) is 1.06. The van der Waals surface area contributed by atoms with Crippen LogP contribution in [0.3, 0.4) is 0 Å². The summed E-state index contributed by atoms with van der Waals surface area (Å²) in [4.78, 5) is 16.3. The van der Waals surface area contributed by atoms with Gasteiger partial charge in [0.15, 0.2) is 5.13 Å². The van der Waals surface area contributed by atoms with Crippen LogP contribution < -0.4 is 5.73 Å². The van der Waals surface area contributed by atoms with Gasteiger partial charge in [-0.1, -0.05) is 0 Å². The first-order valence-corrected chi connectivity index (χ1v) is 5.60. The van der Waals surface area contributed by atoms with E-state index in [0.717, 1.165) is 4.88 Å². The average Bonchev–Trinajstić information content (AvgIpc) is 2.45. The summed E-state index contributed by atoms with van der Waals surface area (Å²) in [7, 11) is 0. The molecule has 0 aliphatic rings. The third-order valence-electron chi connectivity index (χ3n) is 1.57. The lowest BCUT2D eigenvalue weighted by Crippen LogP contribution is -2.23. The van der Waals surface area contributed by atoms with Gasteiger partial charge in [0.2, 0.25) is 0 Å². The standard InChI is InChI=1S/C10H16N2O2S/c1-10(2,3)14-8(13)5-4-7-6-12-9(11)15-7/h6H,4-5H2,1-3H3,(H2,11,12). The predicted molar refractivity (Wildman–Crippen MR) is 60.7 cm³/mol. The Morgan fingerprint density at radius 1 is 1.60 bits per heavy atom. The maximum Gasteiger partial charge on any atom is 0.306 e. The second-order valence-corrected chi connectivity index (χ2v) is 5.40. The highest BCUT2D eigenvalue weighted by atomic mass is 32.1. The van der Waals surface area contributed by atoms with Crippen molar-refractivity contribution in [3.8, 4) is 0 Å². The van der Waals surface area contributed by atoms with Crippen molar-refractivity contribution in [2.75, 3.05) is 5.73 Å². The Labute approximate surface area is 93.5 Å². The summed E-state index contributed by atoms with van der Waals surface area (Å²) in [5.74, 6) is -0.186.